The highest BCUT2D eigenvalue weighted by atomic mass is 19.1. The van der Waals surface area contributed by atoms with Crippen LogP contribution in [0.25, 0.3) is 0 Å². The minimum Gasteiger partial charge on any atom is -0.381 e. The number of nitrogens with zero attached hydrogens (tertiary/aromatic N) is 1. The molecule has 0 amide bonds. The van der Waals surface area contributed by atoms with Gasteiger partial charge in [-0.3, -0.25) is 4.98 Å². The highest BCUT2D eigenvalue weighted by molar-refractivity contribution is 5.17. The lowest BCUT2D eigenvalue weighted by atomic mass is 9.98. The lowest BCUT2D eigenvalue weighted by molar-refractivity contribution is 0.0792. The van der Waals surface area contributed by atoms with Gasteiger partial charge < -0.3 is 10.1 Å². The van der Waals surface area contributed by atoms with Gasteiger partial charge in [-0.1, -0.05) is 13.8 Å². The van der Waals surface area contributed by atoms with Crippen molar-refractivity contribution in [1.29, 1.82) is 0 Å². The molecule has 1 aromatic rings. The Labute approximate surface area is 120 Å². The molecule has 3 nitrogen and oxygen atoms in total. The van der Waals surface area contributed by atoms with Gasteiger partial charge in [-0.25, -0.2) is 4.39 Å². The number of aromatic nitrogens is 1. The van der Waals surface area contributed by atoms with Crippen molar-refractivity contribution in [3.05, 3.63) is 29.3 Å². The van der Waals surface area contributed by atoms with Crippen molar-refractivity contribution in [2.75, 3.05) is 13.2 Å². The van der Waals surface area contributed by atoms with E-state index in [9.17, 15) is 4.39 Å². The first-order valence-corrected chi connectivity index (χ1v) is 7.54. The summed E-state index contributed by atoms with van der Waals surface area (Å²) in [6.07, 6.45) is 2.13. The summed E-state index contributed by atoms with van der Waals surface area (Å²) in [5, 5.41) is 3.34. The number of hydrogen-bond donors (Lipinski definition) is 1. The van der Waals surface area contributed by atoms with E-state index in [1.54, 1.807) is 6.07 Å². The monoisotopic (exact) mass is 280 g/mol. The molecule has 0 aromatic carbocycles. The Morgan fingerprint density at radius 3 is 2.85 bits per heavy atom. The molecule has 0 saturated carbocycles. The van der Waals surface area contributed by atoms with Crippen molar-refractivity contribution in [2.24, 2.45) is 5.92 Å². The Balaban J connectivity index is 2.04. The van der Waals surface area contributed by atoms with E-state index in [4.69, 9.17) is 4.74 Å². The maximum Gasteiger partial charge on any atom is 0.146 e. The van der Waals surface area contributed by atoms with Crippen LogP contribution in [0.5, 0.6) is 0 Å². The van der Waals surface area contributed by atoms with Crippen LogP contribution in [0.3, 0.4) is 0 Å². The molecule has 1 aliphatic heterocycles. The van der Waals surface area contributed by atoms with Crippen LogP contribution < -0.4 is 5.32 Å². The third-order valence-corrected chi connectivity index (χ3v) is 4.11. The standard InChI is InChI=1S/C16H25FN2O/c1-11(2)12(3)18-9-16-14(17)6-7-15(19-16)13-5-4-8-20-10-13/h6-7,11-13,18H,4-5,8-10H2,1-3H3/t12-,13?/m1/s1. The molecule has 0 aliphatic carbocycles. The first-order chi connectivity index (χ1) is 9.58. The number of nitrogens with one attached hydrogen (secondary N) is 1. The fraction of sp³-hybridized carbons (Fsp3) is 0.688. The fourth-order valence-corrected chi connectivity index (χ4v) is 2.32. The second kappa shape index (κ2) is 7.14. The summed E-state index contributed by atoms with van der Waals surface area (Å²) in [4.78, 5) is 4.51. The Hall–Kier alpha value is -1.00. The van der Waals surface area contributed by atoms with E-state index in [0.717, 1.165) is 25.1 Å². The van der Waals surface area contributed by atoms with Crippen LogP contribution in [0, 0.1) is 11.7 Å². The van der Waals surface area contributed by atoms with Gasteiger partial charge in [0.05, 0.1) is 12.3 Å². The fourth-order valence-electron chi connectivity index (χ4n) is 2.32. The SMILES string of the molecule is CC(C)[C@@H](C)NCc1nc(C2CCCOC2)ccc1F. The maximum absolute atomic E-state index is 13.9. The summed E-state index contributed by atoms with van der Waals surface area (Å²) in [6, 6.07) is 3.68. The second-order valence-corrected chi connectivity index (χ2v) is 5.99. The van der Waals surface area contributed by atoms with Gasteiger partial charge in [0.2, 0.25) is 0 Å². The molecule has 2 atom stereocenters. The highest BCUT2D eigenvalue weighted by Gasteiger charge is 2.19. The normalized spacial score (nSPS) is 21.1. The molecule has 0 bridgehead atoms. The van der Waals surface area contributed by atoms with Crippen LogP contribution in [0.4, 0.5) is 4.39 Å². The number of pyridine rings is 1. The van der Waals surface area contributed by atoms with Crippen molar-refractivity contribution >= 4 is 0 Å². The molecule has 1 saturated heterocycles. The molecular formula is C16H25FN2O. The summed E-state index contributed by atoms with van der Waals surface area (Å²) in [5.74, 6) is 0.604. The molecule has 20 heavy (non-hydrogen) atoms. The quantitative estimate of drug-likeness (QED) is 0.899. The lowest BCUT2D eigenvalue weighted by Crippen LogP contribution is -2.31. The van der Waals surface area contributed by atoms with E-state index in [1.165, 1.54) is 6.07 Å². The Kier molecular flexibility index (Phi) is 5.49. The molecule has 2 heterocycles. The molecule has 1 fully saturated rings. The van der Waals surface area contributed by atoms with Gasteiger partial charge in [0.25, 0.3) is 0 Å². The Morgan fingerprint density at radius 2 is 2.20 bits per heavy atom. The van der Waals surface area contributed by atoms with Gasteiger partial charge in [0, 0.05) is 30.8 Å². The van der Waals surface area contributed by atoms with Gasteiger partial charge in [-0.15, -0.1) is 0 Å². The van der Waals surface area contributed by atoms with Crippen LogP contribution in [-0.4, -0.2) is 24.2 Å². The van der Waals surface area contributed by atoms with Crippen LogP contribution in [0.2, 0.25) is 0 Å². The molecule has 112 valence electrons. The second-order valence-electron chi connectivity index (χ2n) is 5.99. The van der Waals surface area contributed by atoms with Crippen molar-refractivity contribution in [3.63, 3.8) is 0 Å². The zero-order valence-electron chi connectivity index (χ0n) is 12.7. The third kappa shape index (κ3) is 4.00. The van der Waals surface area contributed by atoms with Crippen LogP contribution >= 0.6 is 0 Å². The highest BCUT2D eigenvalue weighted by Crippen LogP contribution is 2.24. The van der Waals surface area contributed by atoms with E-state index in [-0.39, 0.29) is 5.82 Å². The predicted molar refractivity (Wildman–Crippen MR) is 78.1 cm³/mol. The summed E-state index contributed by atoms with van der Waals surface area (Å²) < 4.78 is 19.3. The number of ether oxygens (including phenoxy) is 1. The topological polar surface area (TPSA) is 34.2 Å². The van der Waals surface area contributed by atoms with Crippen LogP contribution in [0.15, 0.2) is 12.1 Å². The molecule has 0 spiro atoms. The minimum atomic E-state index is -0.228. The van der Waals surface area contributed by atoms with Gasteiger partial charge in [-0.05, 0) is 37.8 Å². The molecular weight excluding hydrogens is 255 g/mol. The van der Waals surface area contributed by atoms with Gasteiger partial charge in [0.15, 0.2) is 0 Å². The van der Waals surface area contributed by atoms with Gasteiger partial charge >= 0.3 is 0 Å². The maximum atomic E-state index is 13.9. The number of halogens is 1. The predicted octanol–water partition coefficient (Wildman–Crippen LogP) is 3.25. The summed E-state index contributed by atoms with van der Waals surface area (Å²) in [6.45, 7) is 8.42. The van der Waals surface area contributed by atoms with Crippen molar-refractivity contribution < 1.29 is 9.13 Å². The van der Waals surface area contributed by atoms with Gasteiger partial charge in [-0.2, -0.15) is 0 Å². The zero-order valence-corrected chi connectivity index (χ0v) is 12.7. The number of hydrogen-bond acceptors (Lipinski definition) is 3. The third-order valence-electron chi connectivity index (χ3n) is 4.11. The average Bonchev–Trinajstić information content (AvgIpc) is 2.47. The molecule has 4 heteroatoms. The van der Waals surface area contributed by atoms with E-state index in [1.807, 2.05) is 0 Å². The average molecular weight is 280 g/mol. The minimum absolute atomic E-state index is 0.228. The van der Waals surface area contributed by atoms with Crippen molar-refractivity contribution in [1.82, 2.24) is 10.3 Å². The largest absolute Gasteiger partial charge is 0.381 e. The Morgan fingerprint density at radius 1 is 1.40 bits per heavy atom. The van der Waals surface area contributed by atoms with Crippen molar-refractivity contribution in [3.8, 4) is 0 Å². The summed E-state index contributed by atoms with van der Waals surface area (Å²) in [5.41, 5.74) is 1.47. The van der Waals surface area contributed by atoms with Gasteiger partial charge in [0.1, 0.15) is 5.82 Å². The van der Waals surface area contributed by atoms with Crippen LogP contribution in [0.1, 0.15) is 50.9 Å². The summed E-state index contributed by atoms with van der Waals surface area (Å²) >= 11 is 0. The first kappa shape index (κ1) is 15.4. The summed E-state index contributed by atoms with van der Waals surface area (Å²) in [7, 11) is 0. The Bertz CT molecular complexity index is 430. The van der Waals surface area contributed by atoms with E-state index >= 15 is 0 Å². The van der Waals surface area contributed by atoms with Crippen molar-refractivity contribution in [2.45, 2.75) is 52.1 Å². The number of rotatable bonds is 5. The molecule has 0 radical (unpaired) electrons. The van der Waals surface area contributed by atoms with E-state index in [0.29, 0.717) is 36.7 Å². The zero-order chi connectivity index (χ0) is 14.5. The smallest absolute Gasteiger partial charge is 0.146 e. The van der Waals surface area contributed by atoms with E-state index in [2.05, 4.69) is 31.1 Å². The molecule has 1 aromatic heterocycles. The first-order valence-electron chi connectivity index (χ1n) is 7.54. The molecule has 1 N–H and O–H groups in total. The molecule has 1 unspecified atom stereocenters. The molecule has 1 aliphatic rings. The van der Waals surface area contributed by atoms with E-state index < -0.39 is 0 Å². The molecule has 2 rings (SSSR count). The van der Waals surface area contributed by atoms with Crippen LogP contribution in [-0.2, 0) is 11.3 Å². The lowest BCUT2D eigenvalue weighted by Gasteiger charge is -2.22.